The number of hydrogen-bond acceptors (Lipinski definition) is 8. The van der Waals surface area contributed by atoms with E-state index >= 15 is 0 Å². The molecule has 2 bridgehead atoms. The lowest BCUT2D eigenvalue weighted by Gasteiger charge is -2.53. The average molecular weight is 770 g/mol. The van der Waals surface area contributed by atoms with Gasteiger partial charge in [0.15, 0.2) is 5.78 Å². The SMILES string of the molecule is COC(=O)N[C@H](C(=O)N1CCC[C@H]1c1ncc(C23CCC(c4ccc(-c5cnc([C@@H]6CCCC6C(=O)[C@H](NC(=O)OC)C(C)C)[nH]5)cc4)(CC2)CC3)[nH]1)C(C)C. The van der Waals surface area contributed by atoms with E-state index in [-0.39, 0.29) is 52.2 Å². The van der Waals surface area contributed by atoms with Gasteiger partial charge in [0, 0.05) is 35.7 Å². The van der Waals surface area contributed by atoms with E-state index in [2.05, 4.69) is 44.9 Å². The molecule has 0 spiro atoms. The minimum Gasteiger partial charge on any atom is -0.453 e. The summed E-state index contributed by atoms with van der Waals surface area (Å²) in [5.74, 6) is 1.27. The molecule has 3 amide bonds. The number of carbonyl (C=O) groups is 4. The van der Waals surface area contributed by atoms with Crippen molar-refractivity contribution in [2.75, 3.05) is 20.8 Å². The summed E-state index contributed by atoms with van der Waals surface area (Å²) in [7, 11) is 2.63. The highest BCUT2D eigenvalue weighted by Gasteiger charge is 2.51. The number of benzene rings is 1. The second-order valence-corrected chi connectivity index (χ2v) is 17.5. The average Bonchev–Trinajstić information content (AvgIpc) is 4.06. The Hall–Kier alpha value is -4.68. The third kappa shape index (κ3) is 7.45. The second-order valence-electron chi connectivity index (χ2n) is 17.5. The van der Waals surface area contributed by atoms with Gasteiger partial charge in [-0.2, -0.15) is 0 Å². The molecule has 3 aromatic rings. The summed E-state index contributed by atoms with van der Waals surface area (Å²) in [6.45, 7) is 8.38. The van der Waals surface area contributed by atoms with E-state index in [0.29, 0.717) is 6.54 Å². The van der Waals surface area contributed by atoms with Gasteiger partial charge < -0.3 is 35.0 Å². The Morgan fingerprint density at radius 1 is 0.750 bits per heavy atom. The summed E-state index contributed by atoms with van der Waals surface area (Å²) in [4.78, 5) is 70.1. The summed E-state index contributed by atoms with van der Waals surface area (Å²) in [5, 5.41) is 5.49. The topological polar surface area (TPSA) is 171 Å². The standard InChI is InChI=1S/C43H59N7O6/c1-25(2)34(48-40(53)55-5)36(51)29-9-7-10-30(29)37-44-23-31(46-37)27-12-14-28(15-13-27)42-16-19-43(20-17-42,21-18-42)33-24-45-38(47-33)32-11-8-22-50(32)39(52)35(26(3)4)49-41(54)56-6/h12-15,23-26,29-30,32,34-35H,7-11,16-22H2,1-6H3,(H,44,46)(H,45,47)(H,48,53)(H,49,54)/t29?,30-,32+,34-,35+,42?,43?/m1/s1. The summed E-state index contributed by atoms with van der Waals surface area (Å²) in [6.07, 6.45) is 13.6. The minimum atomic E-state index is -0.657. The number of methoxy groups -OCH3 is 2. The molecule has 5 atom stereocenters. The quantitative estimate of drug-likeness (QED) is 0.150. The number of likely N-dealkylation sites (tertiary alicyclic amines) is 1. The molecule has 4 N–H and O–H groups in total. The van der Waals surface area contributed by atoms with Gasteiger partial charge in [-0.05, 0) is 92.6 Å². The molecule has 13 heteroatoms. The lowest BCUT2D eigenvalue weighted by atomic mass is 9.51. The fourth-order valence-corrected chi connectivity index (χ4v) is 10.3. The number of ether oxygens (including phenoxy) is 2. The van der Waals surface area contributed by atoms with Crippen LogP contribution in [0.1, 0.15) is 133 Å². The van der Waals surface area contributed by atoms with Crippen molar-refractivity contribution in [1.82, 2.24) is 35.5 Å². The Kier molecular flexibility index (Phi) is 11.3. The first-order valence-electron chi connectivity index (χ1n) is 20.6. The maximum absolute atomic E-state index is 13.7. The predicted molar refractivity (Wildman–Crippen MR) is 211 cm³/mol. The summed E-state index contributed by atoms with van der Waals surface area (Å²) in [5.41, 5.74) is 4.80. The first-order chi connectivity index (χ1) is 26.9. The first kappa shape index (κ1) is 39.6. The van der Waals surface area contributed by atoms with E-state index < -0.39 is 24.3 Å². The van der Waals surface area contributed by atoms with Gasteiger partial charge >= 0.3 is 12.2 Å². The molecule has 5 fully saturated rings. The van der Waals surface area contributed by atoms with Gasteiger partial charge in [0.05, 0.1) is 38.2 Å². The molecular formula is C43H59N7O6. The Labute approximate surface area is 329 Å². The number of amides is 3. The fourth-order valence-electron chi connectivity index (χ4n) is 10.3. The Morgan fingerprint density at radius 3 is 1.98 bits per heavy atom. The van der Waals surface area contributed by atoms with Crippen molar-refractivity contribution in [1.29, 1.82) is 0 Å². The van der Waals surface area contributed by atoms with E-state index in [1.165, 1.54) is 25.5 Å². The number of aromatic amines is 2. The number of fused-ring (bicyclic) bond motifs is 3. The van der Waals surface area contributed by atoms with Crippen molar-refractivity contribution in [2.45, 2.75) is 133 Å². The maximum Gasteiger partial charge on any atom is 0.407 e. The number of aromatic nitrogens is 4. The van der Waals surface area contributed by atoms with Gasteiger partial charge in [0.1, 0.15) is 17.7 Å². The zero-order valence-corrected chi connectivity index (χ0v) is 33.8. The van der Waals surface area contributed by atoms with Crippen LogP contribution in [-0.2, 0) is 29.9 Å². The van der Waals surface area contributed by atoms with Gasteiger partial charge in [-0.3, -0.25) is 9.59 Å². The lowest BCUT2D eigenvalue weighted by Crippen LogP contribution is -2.51. The molecule has 4 aliphatic carbocycles. The molecule has 302 valence electrons. The van der Waals surface area contributed by atoms with E-state index in [0.717, 1.165) is 93.5 Å². The van der Waals surface area contributed by atoms with Crippen LogP contribution in [0.25, 0.3) is 11.3 Å². The largest absolute Gasteiger partial charge is 0.453 e. The van der Waals surface area contributed by atoms with Gasteiger partial charge in [0.2, 0.25) is 5.91 Å². The van der Waals surface area contributed by atoms with Gasteiger partial charge in [0.25, 0.3) is 0 Å². The van der Waals surface area contributed by atoms with E-state index in [1.54, 1.807) is 0 Å². The molecular weight excluding hydrogens is 711 g/mol. The van der Waals surface area contributed by atoms with Crippen LogP contribution in [0.15, 0.2) is 36.7 Å². The molecule has 13 nitrogen and oxygen atoms in total. The van der Waals surface area contributed by atoms with Crippen molar-refractivity contribution in [2.24, 2.45) is 17.8 Å². The second kappa shape index (κ2) is 16.1. The zero-order chi connectivity index (χ0) is 39.8. The molecule has 1 aliphatic heterocycles. The van der Waals surface area contributed by atoms with Crippen LogP contribution in [0.4, 0.5) is 9.59 Å². The van der Waals surface area contributed by atoms with Gasteiger partial charge in [-0.15, -0.1) is 0 Å². The van der Waals surface area contributed by atoms with Crippen molar-refractivity contribution < 1.29 is 28.7 Å². The Balaban J connectivity index is 0.994. The summed E-state index contributed by atoms with van der Waals surface area (Å²) >= 11 is 0. The van der Waals surface area contributed by atoms with Crippen LogP contribution < -0.4 is 10.6 Å². The van der Waals surface area contributed by atoms with Crippen molar-refractivity contribution >= 4 is 23.9 Å². The highest BCUT2D eigenvalue weighted by molar-refractivity contribution is 5.90. The third-order valence-corrected chi connectivity index (χ3v) is 13.7. The molecule has 56 heavy (non-hydrogen) atoms. The number of imidazole rings is 2. The highest BCUT2D eigenvalue weighted by atomic mass is 16.5. The smallest absolute Gasteiger partial charge is 0.407 e. The van der Waals surface area contributed by atoms with E-state index in [4.69, 9.17) is 19.4 Å². The molecule has 5 aliphatic rings. The number of H-pyrrole nitrogens is 2. The fraction of sp³-hybridized carbons (Fsp3) is 0.628. The van der Waals surface area contributed by atoms with Gasteiger partial charge in [-0.1, -0.05) is 58.4 Å². The number of alkyl carbamates (subject to hydrolysis) is 2. The molecule has 1 unspecified atom stereocenters. The Morgan fingerprint density at radius 2 is 1.36 bits per heavy atom. The van der Waals surface area contributed by atoms with Crippen LogP contribution in [-0.4, -0.2) is 81.6 Å². The summed E-state index contributed by atoms with van der Waals surface area (Å²) in [6, 6.07) is 7.59. The number of carbonyl (C=O) groups excluding carboxylic acids is 4. The molecule has 2 aromatic heterocycles. The van der Waals surface area contributed by atoms with Crippen LogP contribution in [0, 0.1) is 17.8 Å². The van der Waals surface area contributed by atoms with Crippen LogP contribution in [0.5, 0.6) is 0 Å². The molecule has 1 aromatic carbocycles. The number of ketones is 1. The molecule has 8 rings (SSSR count). The Bertz CT molecular complexity index is 1870. The van der Waals surface area contributed by atoms with Crippen molar-refractivity contribution in [3.8, 4) is 11.3 Å². The van der Waals surface area contributed by atoms with Crippen LogP contribution in [0.2, 0.25) is 0 Å². The molecule has 3 heterocycles. The number of nitrogens with one attached hydrogen (secondary N) is 4. The lowest BCUT2D eigenvalue weighted by molar-refractivity contribution is -0.135. The van der Waals surface area contributed by atoms with Crippen molar-refractivity contribution in [3.63, 3.8) is 0 Å². The number of hydrogen-bond donors (Lipinski definition) is 4. The van der Waals surface area contributed by atoms with Crippen LogP contribution in [0.3, 0.4) is 0 Å². The monoisotopic (exact) mass is 769 g/mol. The maximum atomic E-state index is 13.7. The number of nitrogens with zero attached hydrogens (tertiary/aromatic N) is 3. The zero-order valence-electron chi connectivity index (χ0n) is 33.8. The van der Waals surface area contributed by atoms with E-state index in [9.17, 15) is 19.2 Å². The van der Waals surface area contributed by atoms with Gasteiger partial charge in [-0.25, -0.2) is 19.6 Å². The number of Topliss-reactive ketones (excluding diaryl/α,β-unsaturated/α-hetero) is 1. The highest BCUT2D eigenvalue weighted by Crippen LogP contribution is 2.58. The predicted octanol–water partition coefficient (Wildman–Crippen LogP) is 7.22. The molecule has 4 saturated carbocycles. The summed E-state index contributed by atoms with van der Waals surface area (Å²) < 4.78 is 9.59. The molecule has 1 saturated heterocycles. The van der Waals surface area contributed by atoms with Crippen molar-refractivity contribution in [3.05, 3.63) is 59.6 Å². The third-order valence-electron chi connectivity index (χ3n) is 13.7. The first-order valence-corrected chi connectivity index (χ1v) is 20.6. The number of rotatable bonds is 12. The van der Waals surface area contributed by atoms with Crippen LogP contribution >= 0.6 is 0 Å². The minimum absolute atomic E-state index is 0.0158. The molecule has 0 radical (unpaired) electrons. The van der Waals surface area contributed by atoms with E-state index in [1.807, 2.05) is 45.0 Å². The normalized spacial score (nSPS) is 27.0.